The van der Waals surface area contributed by atoms with Crippen LogP contribution in [-0.4, -0.2) is 30.3 Å². The van der Waals surface area contributed by atoms with E-state index in [2.05, 4.69) is 29.2 Å². The largest absolute Gasteiger partial charge is 0.462 e. The van der Waals surface area contributed by atoms with Crippen molar-refractivity contribution in [1.29, 1.82) is 0 Å². The fourth-order valence-electron chi connectivity index (χ4n) is 3.51. The van der Waals surface area contributed by atoms with Crippen molar-refractivity contribution in [3.05, 3.63) is 59.0 Å². The van der Waals surface area contributed by atoms with Crippen LogP contribution in [0.5, 0.6) is 0 Å². The van der Waals surface area contributed by atoms with Crippen LogP contribution in [0.1, 0.15) is 41.5 Å². The molecule has 1 aromatic heterocycles. The van der Waals surface area contributed by atoms with Crippen LogP contribution in [0.4, 0.5) is 0 Å². The lowest BCUT2D eigenvalue weighted by Crippen LogP contribution is -2.33. The second kappa shape index (κ2) is 7.77. The van der Waals surface area contributed by atoms with Crippen molar-refractivity contribution in [1.82, 2.24) is 4.90 Å². The average Bonchev–Trinajstić information content (AvgIpc) is 3.01. The highest BCUT2D eigenvalue weighted by molar-refractivity contribution is 5.32. The van der Waals surface area contributed by atoms with Gasteiger partial charge in [-0.2, -0.15) is 0 Å². The van der Waals surface area contributed by atoms with E-state index >= 15 is 0 Å². The molecule has 1 N–H and O–H groups in total. The molecule has 0 aliphatic heterocycles. The smallest absolute Gasteiger partial charge is 0.129 e. The topological polar surface area (TPSA) is 45.8 Å². The molecule has 124 valence electrons. The van der Waals surface area contributed by atoms with Crippen LogP contribution in [0.2, 0.25) is 0 Å². The zero-order valence-electron chi connectivity index (χ0n) is 13.7. The Morgan fingerprint density at radius 2 is 2.04 bits per heavy atom. The van der Waals surface area contributed by atoms with Gasteiger partial charge in [0, 0.05) is 19.7 Å². The summed E-state index contributed by atoms with van der Waals surface area (Å²) in [7, 11) is 1.67. The highest BCUT2D eigenvalue weighted by Crippen LogP contribution is 2.35. The van der Waals surface area contributed by atoms with Crippen molar-refractivity contribution in [3.63, 3.8) is 0 Å². The van der Waals surface area contributed by atoms with Crippen LogP contribution in [-0.2, 0) is 24.3 Å². The quantitative estimate of drug-likeness (QED) is 0.851. The minimum absolute atomic E-state index is 0.157. The fraction of sp³-hybridized carbons (Fsp3) is 0.474. The zero-order valence-corrected chi connectivity index (χ0v) is 13.7. The number of aryl methyl sites for hydroxylation is 1. The maximum atomic E-state index is 9.49. The third-order valence-corrected chi connectivity index (χ3v) is 4.53. The monoisotopic (exact) mass is 315 g/mol. The zero-order chi connectivity index (χ0) is 16.1. The number of nitrogens with zero attached hydrogens (tertiary/aromatic N) is 1. The predicted molar refractivity (Wildman–Crippen MR) is 89.0 cm³/mol. The number of rotatable bonds is 7. The lowest BCUT2D eigenvalue weighted by atomic mass is 9.86. The number of hydrogen-bond donors (Lipinski definition) is 1. The summed E-state index contributed by atoms with van der Waals surface area (Å²) in [6.07, 6.45) is 3.47. The van der Waals surface area contributed by atoms with Gasteiger partial charge in [0.15, 0.2) is 0 Å². The van der Waals surface area contributed by atoms with E-state index < -0.39 is 0 Å². The summed E-state index contributed by atoms with van der Waals surface area (Å²) in [5.41, 5.74) is 2.84. The molecule has 1 aliphatic rings. The maximum absolute atomic E-state index is 9.49. The van der Waals surface area contributed by atoms with Gasteiger partial charge in [0.25, 0.3) is 0 Å². The van der Waals surface area contributed by atoms with Gasteiger partial charge < -0.3 is 14.3 Å². The van der Waals surface area contributed by atoms with Gasteiger partial charge in [-0.1, -0.05) is 24.3 Å². The van der Waals surface area contributed by atoms with E-state index in [-0.39, 0.29) is 6.61 Å². The Labute approximate surface area is 137 Å². The molecule has 0 saturated heterocycles. The van der Waals surface area contributed by atoms with Gasteiger partial charge in [0.05, 0.1) is 13.2 Å². The molecule has 0 amide bonds. The van der Waals surface area contributed by atoms with E-state index in [0.29, 0.717) is 25.7 Å². The normalized spacial score (nSPS) is 17.4. The van der Waals surface area contributed by atoms with Gasteiger partial charge in [-0.3, -0.25) is 4.90 Å². The van der Waals surface area contributed by atoms with E-state index in [9.17, 15) is 5.11 Å². The molecule has 1 atom stereocenters. The van der Waals surface area contributed by atoms with Gasteiger partial charge in [-0.05, 0) is 42.5 Å². The third kappa shape index (κ3) is 3.83. The minimum Gasteiger partial charge on any atom is -0.462 e. The first kappa shape index (κ1) is 16.2. The van der Waals surface area contributed by atoms with Crippen molar-refractivity contribution in [2.24, 2.45) is 0 Å². The molecule has 2 aromatic rings. The Balaban J connectivity index is 1.78. The molecule has 1 aliphatic carbocycles. The Morgan fingerprint density at radius 3 is 2.87 bits per heavy atom. The average molecular weight is 315 g/mol. The highest BCUT2D eigenvalue weighted by atomic mass is 16.5. The Bertz CT molecular complexity index is 623. The highest BCUT2D eigenvalue weighted by Gasteiger charge is 2.26. The number of furan rings is 1. The first-order valence-electron chi connectivity index (χ1n) is 8.31. The van der Waals surface area contributed by atoms with Crippen molar-refractivity contribution in [2.45, 2.75) is 38.5 Å². The van der Waals surface area contributed by atoms with E-state index in [4.69, 9.17) is 9.15 Å². The maximum Gasteiger partial charge on any atom is 0.129 e. The van der Waals surface area contributed by atoms with E-state index in [0.717, 1.165) is 24.4 Å². The summed E-state index contributed by atoms with van der Waals surface area (Å²) in [5, 5.41) is 9.49. The molecule has 4 nitrogen and oxygen atoms in total. The van der Waals surface area contributed by atoms with Crippen LogP contribution in [0.25, 0.3) is 0 Å². The molecule has 0 radical (unpaired) electrons. The molecule has 3 rings (SSSR count). The SMILES string of the molecule is COCc1ccc(CN(CCO)C2CCCc3ccccc32)o1. The molecule has 1 unspecified atom stereocenters. The van der Waals surface area contributed by atoms with Gasteiger partial charge in [0.1, 0.15) is 18.1 Å². The van der Waals surface area contributed by atoms with E-state index in [1.807, 2.05) is 12.1 Å². The van der Waals surface area contributed by atoms with E-state index in [1.165, 1.54) is 17.5 Å². The lowest BCUT2D eigenvalue weighted by molar-refractivity contribution is 0.118. The molecule has 0 fully saturated rings. The number of aliphatic hydroxyl groups is 1. The summed E-state index contributed by atoms with van der Waals surface area (Å²) < 4.78 is 10.9. The summed E-state index contributed by atoms with van der Waals surface area (Å²) >= 11 is 0. The van der Waals surface area contributed by atoms with Crippen LogP contribution in [0, 0.1) is 0 Å². The van der Waals surface area contributed by atoms with Crippen molar-refractivity contribution >= 4 is 0 Å². The predicted octanol–water partition coefficient (Wildman–Crippen LogP) is 3.30. The number of methoxy groups -OCH3 is 1. The fourth-order valence-corrected chi connectivity index (χ4v) is 3.51. The molecular formula is C19H25NO3. The van der Waals surface area contributed by atoms with E-state index in [1.54, 1.807) is 7.11 Å². The van der Waals surface area contributed by atoms with Crippen molar-refractivity contribution in [3.8, 4) is 0 Å². The number of fused-ring (bicyclic) bond motifs is 1. The summed E-state index contributed by atoms with van der Waals surface area (Å²) in [6.45, 7) is 2.01. The van der Waals surface area contributed by atoms with Gasteiger partial charge in [0.2, 0.25) is 0 Å². The minimum atomic E-state index is 0.157. The van der Waals surface area contributed by atoms with Crippen LogP contribution >= 0.6 is 0 Å². The first-order valence-corrected chi connectivity index (χ1v) is 8.31. The van der Waals surface area contributed by atoms with Gasteiger partial charge in [-0.25, -0.2) is 0 Å². The molecule has 0 saturated carbocycles. The van der Waals surface area contributed by atoms with Crippen LogP contribution in [0.15, 0.2) is 40.8 Å². The second-order valence-corrected chi connectivity index (χ2v) is 6.10. The third-order valence-electron chi connectivity index (χ3n) is 4.53. The number of ether oxygens (including phenoxy) is 1. The Kier molecular flexibility index (Phi) is 5.49. The molecule has 0 bridgehead atoms. The van der Waals surface area contributed by atoms with Crippen LogP contribution in [0.3, 0.4) is 0 Å². The first-order chi connectivity index (χ1) is 11.3. The van der Waals surface area contributed by atoms with Gasteiger partial charge in [-0.15, -0.1) is 0 Å². The molecule has 1 heterocycles. The molecule has 23 heavy (non-hydrogen) atoms. The summed E-state index contributed by atoms with van der Waals surface area (Å²) in [4.78, 5) is 2.33. The molecule has 0 spiro atoms. The molecule has 1 aromatic carbocycles. The standard InChI is InChI=1S/C19H25NO3/c1-22-14-17-10-9-16(23-17)13-20(11-12-21)19-8-4-6-15-5-2-3-7-18(15)19/h2-3,5,7,9-10,19,21H,4,6,8,11-14H2,1H3. The summed E-state index contributed by atoms with van der Waals surface area (Å²) in [5.74, 6) is 1.77. The van der Waals surface area contributed by atoms with Crippen molar-refractivity contribution < 1.29 is 14.3 Å². The molecular weight excluding hydrogens is 290 g/mol. The Hall–Kier alpha value is -1.62. The number of aliphatic hydroxyl groups excluding tert-OH is 1. The Morgan fingerprint density at radius 1 is 1.22 bits per heavy atom. The van der Waals surface area contributed by atoms with Crippen LogP contribution < -0.4 is 0 Å². The van der Waals surface area contributed by atoms with Gasteiger partial charge >= 0.3 is 0 Å². The number of hydrogen-bond acceptors (Lipinski definition) is 4. The number of benzene rings is 1. The van der Waals surface area contributed by atoms with Crippen molar-refractivity contribution in [2.75, 3.05) is 20.3 Å². The molecule has 4 heteroatoms. The summed E-state index contributed by atoms with van der Waals surface area (Å²) in [6, 6.07) is 13.0. The lowest BCUT2D eigenvalue weighted by Gasteiger charge is -2.35. The second-order valence-electron chi connectivity index (χ2n) is 6.10.